The average Bonchev–Trinajstić information content (AvgIpc) is 2.62. The number of carbonyl (C=O) groups is 1. The van der Waals surface area contributed by atoms with Crippen LogP contribution in [0.25, 0.3) is 0 Å². The Morgan fingerprint density at radius 2 is 1.52 bits per heavy atom. The molecule has 2 aromatic rings. The lowest BCUT2D eigenvalue weighted by molar-refractivity contribution is 0.0971. The largest absolute Gasteiger partial charge is 0.294 e. The summed E-state index contributed by atoms with van der Waals surface area (Å²) in [6.45, 7) is 6.39. The first-order valence-electron chi connectivity index (χ1n) is 8.34. The van der Waals surface area contributed by atoms with Crippen molar-refractivity contribution in [1.29, 1.82) is 10.5 Å². The van der Waals surface area contributed by atoms with Gasteiger partial charge in [0.2, 0.25) is 0 Å². The number of Topliss-reactive ketones (excluding diaryl/α,β-unsaturated/α-hetero) is 1. The highest BCUT2D eigenvalue weighted by Gasteiger charge is 2.26. The Bertz CT molecular complexity index is 788. The molecule has 0 radical (unpaired) electrons. The van der Waals surface area contributed by atoms with Gasteiger partial charge >= 0.3 is 0 Å². The van der Waals surface area contributed by atoms with Crippen LogP contribution < -0.4 is 0 Å². The van der Waals surface area contributed by atoms with E-state index < -0.39 is 11.8 Å². The summed E-state index contributed by atoms with van der Waals surface area (Å²) < 4.78 is 0. The second kappa shape index (κ2) is 7.77. The zero-order valence-electron chi connectivity index (χ0n) is 14.9. The van der Waals surface area contributed by atoms with Crippen LogP contribution >= 0.6 is 0 Å². The molecule has 2 rings (SSSR count). The molecule has 0 aliphatic rings. The van der Waals surface area contributed by atoms with Crippen LogP contribution in [-0.2, 0) is 5.41 Å². The number of hydrogen-bond acceptors (Lipinski definition) is 3. The van der Waals surface area contributed by atoms with Gasteiger partial charge in [0.05, 0.1) is 12.1 Å². The highest BCUT2D eigenvalue weighted by Crippen LogP contribution is 2.31. The van der Waals surface area contributed by atoms with Gasteiger partial charge in [-0.1, -0.05) is 75.4 Å². The predicted octanol–water partition coefficient (Wildman–Crippen LogP) is 5.00. The molecule has 0 amide bonds. The van der Waals surface area contributed by atoms with E-state index in [0.29, 0.717) is 5.56 Å². The van der Waals surface area contributed by atoms with E-state index in [2.05, 4.69) is 20.8 Å². The molecule has 25 heavy (non-hydrogen) atoms. The van der Waals surface area contributed by atoms with Gasteiger partial charge in [-0.25, -0.2) is 0 Å². The van der Waals surface area contributed by atoms with Crippen molar-refractivity contribution in [2.45, 2.75) is 38.5 Å². The zero-order chi connectivity index (χ0) is 18.4. The predicted molar refractivity (Wildman–Crippen MR) is 98.0 cm³/mol. The fourth-order valence-electron chi connectivity index (χ4n) is 2.81. The topological polar surface area (TPSA) is 64.7 Å². The lowest BCUT2D eigenvalue weighted by atomic mass is 9.80. The van der Waals surface area contributed by atoms with Gasteiger partial charge in [0.15, 0.2) is 5.78 Å². The number of rotatable bonds is 5. The Morgan fingerprint density at radius 3 is 2.00 bits per heavy atom. The molecule has 0 saturated heterocycles. The van der Waals surface area contributed by atoms with Gasteiger partial charge in [-0.3, -0.25) is 4.79 Å². The molecule has 0 bridgehead atoms. The van der Waals surface area contributed by atoms with E-state index in [-0.39, 0.29) is 17.6 Å². The van der Waals surface area contributed by atoms with Crippen LogP contribution in [0.5, 0.6) is 0 Å². The van der Waals surface area contributed by atoms with Crippen molar-refractivity contribution in [2.75, 3.05) is 0 Å². The van der Waals surface area contributed by atoms with Gasteiger partial charge in [-0.05, 0) is 16.5 Å². The number of hydrogen-bond donors (Lipinski definition) is 0. The Kier molecular flexibility index (Phi) is 5.73. The molecular weight excluding hydrogens is 308 g/mol. The molecule has 2 aromatic carbocycles. The van der Waals surface area contributed by atoms with Crippen LogP contribution in [0.15, 0.2) is 54.6 Å². The maximum absolute atomic E-state index is 12.6. The van der Waals surface area contributed by atoms with Gasteiger partial charge in [0, 0.05) is 17.9 Å². The number of nitrogens with zero attached hydrogens (tertiary/aromatic N) is 2. The van der Waals surface area contributed by atoms with Crippen molar-refractivity contribution in [3.63, 3.8) is 0 Å². The molecule has 0 aliphatic heterocycles. The summed E-state index contributed by atoms with van der Waals surface area (Å²) >= 11 is 0. The first-order chi connectivity index (χ1) is 11.9. The Morgan fingerprint density at radius 1 is 0.960 bits per heavy atom. The van der Waals surface area contributed by atoms with Crippen molar-refractivity contribution in [1.82, 2.24) is 0 Å². The van der Waals surface area contributed by atoms with Gasteiger partial charge in [0.25, 0.3) is 0 Å². The number of benzene rings is 2. The third-order valence-electron chi connectivity index (χ3n) is 4.39. The van der Waals surface area contributed by atoms with E-state index in [1.165, 1.54) is 5.56 Å². The molecule has 3 heteroatoms. The van der Waals surface area contributed by atoms with Crippen molar-refractivity contribution in [3.8, 4) is 12.1 Å². The second-order valence-corrected chi connectivity index (χ2v) is 7.21. The summed E-state index contributed by atoms with van der Waals surface area (Å²) in [4.78, 5) is 12.6. The quantitative estimate of drug-likeness (QED) is 0.724. The number of ketones is 1. The van der Waals surface area contributed by atoms with Crippen molar-refractivity contribution in [2.24, 2.45) is 5.92 Å². The van der Waals surface area contributed by atoms with E-state index >= 15 is 0 Å². The Hall–Kier alpha value is -2.91. The molecule has 0 aliphatic carbocycles. The molecule has 1 unspecified atom stereocenters. The summed E-state index contributed by atoms with van der Waals surface area (Å²) in [7, 11) is 0. The molecule has 3 nitrogen and oxygen atoms in total. The normalized spacial score (nSPS) is 12.2. The minimum atomic E-state index is -0.854. The highest BCUT2D eigenvalue weighted by atomic mass is 16.1. The summed E-state index contributed by atoms with van der Waals surface area (Å²) in [5, 5.41) is 18.7. The molecule has 0 fully saturated rings. The fraction of sp³-hybridized carbons (Fsp3) is 0.318. The molecule has 0 aromatic heterocycles. The van der Waals surface area contributed by atoms with E-state index in [1.807, 2.05) is 54.6 Å². The van der Waals surface area contributed by atoms with Gasteiger partial charge in [0.1, 0.15) is 5.92 Å². The van der Waals surface area contributed by atoms with E-state index in [4.69, 9.17) is 0 Å². The molecule has 1 atom stereocenters. The Labute approximate surface area is 149 Å². The maximum Gasteiger partial charge on any atom is 0.163 e. The van der Waals surface area contributed by atoms with Crippen LogP contribution in [0.2, 0.25) is 0 Å². The monoisotopic (exact) mass is 330 g/mol. The van der Waals surface area contributed by atoms with Crippen LogP contribution in [-0.4, -0.2) is 5.78 Å². The van der Waals surface area contributed by atoms with Crippen LogP contribution in [0.1, 0.15) is 54.6 Å². The summed E-state index contributed by atoms with van der Waals surface area (Å²) in [6, 6.07) is 21.0. The van der Waals surface area contributed by atoms with Gasteiger partial charge in [-0.15, -0.1) is 0 Å². The smallest absolute Gasteiger partial charge is 0.163 e. The summed E-state index contributed by atoms with van der Waals surface area (Å²) in [5.41, 5.74) is 2.66. The minimum absolute atomic E-state index is 0.0255. The first kappa shape index (κ1) is 18.4. The standard InChI is InChI=1S/C22H22N2O/c1-22(2,3)19-11-9-16(10-12-19)20(18(14-23)15-24)13-21(25)17-7-5-4-6-8-17/h4-12,18,20H,13H2,1-3H3. The molecule has 0 saturated carbocycles. The highest BCUT2D eigenvalue weighted by molar-refractivity contribution is 5.96. The van der Waals surface area contributed by atoms with Crippen LogP contribution in [0, 0.1) is 28.6 Å². The lowest BCUT2D eigenvalue weighted by Crippen LogP contribution is -2.16. The van der Waals surface area contributed by atoms with E-state index in [1.54, 1.807) is 12.1 Å². The SMILES string of the molecule is CC(C)(C)c1ccc(C(CC(=O)c2ccccc2)C(C#N)C#N)cc1. The first-order valence-corrected chi connectivity index (χ1v) is 8.34. The van der Waals surface area contributed by atoms with Crippen LogP contribution in [0.3, 0.4) is 0 Å². The number of nitriles is 2. The van der Waals surface area contributed by atoms with Gasteiger partial charge < -0.3 is 0 Å². The minimum Gasteiger partial charge on any atom is -0.294 e. The lowest BCUT2D eigenvalue weighted by Gasteiger charge is -2.22. The molecule has 0 N–H and O–H groups in total. The van der Waals surface area contributed by atoms with Crippen LogP contribution in [0.4, 0.5) is 0 Å². The molecule has 126 valence electrons. The second-order valence-electron chi connectivity index (χ2n) is 7.21. The molecule has 0 spiro atoms. The average molecular weight is 330 g/mol. The summed E-state index contributed by atoms with van der Waals surface area (Å²) in [5.74, 6) is -1.34. The number of carbonyl (C=O) groups excluding carboxylic acids is 1. The third-order valence-corrected chi connectivity index (χ3v) is 4.39. The third kappa shape index (κ3) is 4.55. The van der Waals surface area contributed by atoms with Gasteiger partial charge in [-0.2, -0.15) is 10.5 Å². The zero-order valence-corrected chi connectivity index (χ0v) is 14.9. The van der Waals surface area contributed by atoms with Crippen molar-refractivity contribution in [3.05, 3.63) is 71.3 Å². The summed E-state index contributed by atoms with van der Waals surface area (Å²) in [6.07, 6.45) is 0.144. The maximum atomic E-state index is 12.6. The fourth-order valence-corrected chi connectivity index (χ4v) is 2.81. The van der Waals surface area contributed by atoms with E-state index in [9.17, 15) is 15.3 Å². The van der Waals surface area contributed by atoms with E-state index in [0.717, 1.165) is 5.56 Å². The van der Waals surface area contributed by atoms with Crippen molar-refractivity contribution < 1.29 is 4.79 Å². The van der Waals surface area contributed by atoms with Crippen molar-refractivity contribution >= 4 is 5.78 Å². The molecular formula is C22H22N2O. The Balaban J connectivity index is 2.32. The molecule has 0 heterocycles.